The van der Waals surface area contributed by atoms with Gasteiger partial charge in [0.1, 0.15) is 5.82 Å². The van der Waals surface area contributed by atoms with Gasteiger partial charge in [0.25, 0.3) is 0 Å². The SMILES string of the molecule is CC(C)COC(=O)C1CCN(CC[C@@H](N)CSc2ccccc2F)CC1. The van der Waals surface area contributed by atoms with Crippen molar-refractivity contribution in [3.8, 4) is 0 Å². The third-order valence-corrected chi connectivity index (χ3v) is 5.82. The van der Waals surface area contributed by atoms with Gasteiger partial charge in [-0.3, -0.25) is 4.79 Å². The highest BCUT2D eigenvalue weighted by atomic mass is 32.2. The fourth-order valence-electron chi connectivity index (χ4n) is 2.95. The van der Waals surface area contributed by atoms with Crippen LogP contribution in [-0.4, -0.2) is 48.9 Å². The molecule has 146 valence electrons. The fraction of sp³-hybridized carbons (Fsp3) is 0.650. The van der Waals surface area contributed by atoms with E-state index in [0.717, 1.165) is 38.9 Å². The molecule has 0 radical (unpaired) electrons. The molecule has 4 nitrogen and oxygen atoms in total. The molecule has 1 aromatic carbocycles. The van der Waals surface area contributed by atoms with Crippen LogP contribution in [0.15, 0.2) is 29.2 Å². The van der Waals surface area contributed by atoms with Crippen molar-refractivity contribution in [3.63, 3.8) is 0 Å². The molecular weight excluding hydrogens is 351 g/mol. The summed E-state index contributed by atoms with van der Waals surface area (Å²) in [7, 11) is 0. The summed E-state index contributed by atoms with van der Waals surface area (Å²) in [5.74, 6) is 0.893. The monoisotopic (exact) mass is 382 g/mol. The Labute approximate surface area is 160 Å². The minimum Gasteiger partial charge on any atom is -0.465 e. The summed E-state index contributed by atoms with van der Waals surface area (Å²) in [5.41, 5.74) is 6.19. The van der Waals surface area contributed by atoms with Crippen LogP contribution in [0.2, 0.25) is 0 Å². The Morgan fingerprint density at radius 1 is 1.35 bits per heavy atom. The summed E-state index contributed by atoms with van der Waals surface area (Å²) in [4.78, 5) is 15.0. The Hall–Kier alpha value is -1.11. The van der Waals surface area contributed by atoms with Gasteiger partial charge < -0.3 is 15.4 Å². The molecule has 1 aliphatic rings. The highest BCUT2D eigenvalue weighted by Gasteiger charge is 2.26. The zero-order valence-corrected chi connectivity index (χ0v) is 16.6. The number of ether oxygens (including phenoxy) is 1. The highest BCUT2D eigenvalue weighted by molar-refractivity contribution is 7.99. The zero-order valence-electron chi connectivity index (χ0n) is 15.8. The normalized spacial score (nSPS) is 17.4. The van der Waals surface area contributed by atoms with Crippen LogP contribution < -0.4 is 5.73 Å². The number of nitrogens with two attached hydrogens (primary N) is 1. The van der Waals surface area contributed by atoms with Gasteiger partial charge in [-0.05, 0) is 56.9 Å². The van der Waals surface area contributed by atoms with Gasteiger partial charge in [-0.2, -0.15) is 0 Å². The van der Waals surface area contributed by atoms with Crippen molar-refractivity contribution in [2.45, 2.75) is 44.0 Å². The van der Waals surface area contributed by atoms with E-state index in [-0.39, 0.29) is 23.7 Å². The van der Waals surface area contributed by atoms with E-state index in [2.05, 4.69) is 4.90 Å². The van der Waals surface area contributed by atoms with E-state index in [1.807, 2.05) is 19.9 Å². The first kappa shape index (κ1) is 21.2. The molecule has 0 bridgehead atoms. The van der Waals surface area contributed by atoms with Gasteiger partial charge in [-0.1, -0.05) is 26.0 Å². The maximum absolute atomic E-state index is 13.6. The zero-order chi connectivity index (χ0) is 18.9. The van der Waals surface area contributed by atoms with Gasteiger partial charge in [-0.15, -0.1) is 11.8 Å². The van der Waals surface area contributed by atoms with Gasteiger partial charge in [0.2, 0.25) is 0 Å². The number of esters is 1. The molecular formula is C20H31FN2O2S. The summed E-state index contributed by atoms with van der Waals surface area (Å²) in [6.07, 6.45) is 2.59. The van der Waals surface area contributed by atoms with Crippen molar-refractivity contribution in [2.24, 2.45) is 17.6 Å². The molecule has 0 unspecified atom stereocenters. The Morgan fingerprint density at radius 3 is 2.69 bits per heavy atom. The lowest BCUT2D eigenvalue weighted by Gasteiger charge is -2.31. The molecule has 0 aromatic heterocycles. The van der Waals surface area contributed by atoms with E-state index in [1.165, 1.54) is 17.8 Å². The molecule has 2 N–H and O–H groups in total. The number of hydrogen-bond acceptors (Lipinski definition) is 5. The molecule has 0 saturated carbocycles. The Bertz CT molecular complexity index is 562. The van der Waals surface area contributed by atoms with E-state index in [1.54, 1.807) is 12.1 Å². The van der Waals surface area contributed by atoms with Crippen LogP contribution >= 0.6 is 11.8 Å². The van der Waals surface area contributed by atoms with Gasteiger partial charge in [0, 0.05) is 16.7 Å². The molecule has 0 amide bonds. The fourth-order valence-corrected chi connectivity index (χ4v) is 3.89. The van der Waals surface area contributed by atoms with Crippen LogP contribution in [0, 0.1) is 17.7 Å². The summed E-state index contributed by atoms with van der Waals surface area (Å²) in [6, 6.07) is 6.84. The first-order chi connectivity index (χ1) is 12.5. The summed E-state index contributed by atoms with van der Waals surface area (Å²) >= 11 is 1.47. The van der Waals surface area contributed by atoms with E-state index >= 15 is 0 Å². The minimum atomic E-state index is -0.184. The Morgan fingerprint density at radius 2 is 2.04 bits per heavy atom. The molecule has 2 rings (SSSR count). The van der Waals surface area contributed by atoms with Crippen molar-refractivity contribution in [2.75, 3.05) is 32.0 Å². The molecule has 26 heavy (non-hydrogen) atoms. The van der Waals surface area contributed by atoms with E-state index in [0.29, 0.717) is 23.2 Å². The average Bonchev–Trinajstić information content (AvgIpc) is 2.64. The lowest BCUT2D eigenvalue weighted by atomic mass is 9.96. The molecule has 1 atom stereocenters. The number of nitrogens with zero attached hydrogens (tertiary/aromatic N) is 1. The molecule has 1 aromatic rings. The van der Waals surface area contributed by atoms with Crippen LogP contribution in [0.1, 0.15) is 33.1 Å². The van der Waals surface area contributed by atoms with Crippen LogP contribution in [0.5, 0.6) is 0 Å². The van der Waals surface area contributed by atoms with Crippen LogP contribution in [0.25, 0.3) is 0 Å². The van der Waals surface area contributed by atoms with Crippen molar-refractivity contribution in [3.05, 3.63) is 30.1 Å². The number of benzene rings is 1. The smallest absolute Gasteiger partial charge is 0.309 e. The Kier molecular flexibility index (Phi) is 8.88. The molecule has 1 fully saturated rings. The van der Waals surface area contributed by atoms with Gasteiger partial charge >= 0.3 is 5.97 Å². The van der Waals surface area contributed by atoms with E-state index in [4.69, 9.17) is 10.5 Å². The van der Waals surface area contributed by atoms with Gasteiger partial charge in [0.05, 0.1) is 12.5 Å². The second-order valence-electron chi connectivity index (χ2n) is 7.43. The first-order valence-electron chi connectivity index (χ1n) is 9.47. The van der Waals surface area contributed by atoms with Crippen LogP contribution in [-0.2, 0) is 9.53 Å². The first-order valence-corrected chi connectivity index (χ1v) is 10.5. The standard InChI is InChI=1S/C20H31FN2O2S/c1-15(2)13-25-20(24)16-7-10-23(11-8-16)12-9-17(22)14-26-19-6-4-3-5-18(19)21/h3-6,15-17H,7-14,22H2,1-2H3/t17-/m1/s1. The quantitative estimate of drug-likeness (QED) is 0.523. The molecule has 1 heterocycles. The van der Waals surface area contributed by atoms with E-state index in [9.17, 15) is 9.18 Å². The second kappa shape index (κ2) is 10.9. The largest absolute Gasteiger partial charge is 0.465 e. The molecule has 0 spiro atoms. The lowest BCUT2D eigenvalue weighted by Crippen LogP contribution is -2.39. The van der Waals surface area contributed by atoms with Crippen molar-refractivity contribution < 1.29 is 13.9 Å². The number of carbonyl (C=O) groups excluding carboxylic acids is 1. The van der Waals surface area contributed by atoms with Crippen LogP contribution in [0.3, 0.4) is 0 Å². The molecule has 1 saturated heterocycles. The third-order valence-electron chi connectivity index (χ3n) is 4.59. The number of likely N-dealkylation sites (tertiary alicyclic amines) is 1. The molecule has 0 aliphatic carbocycles. The summed E-state index contributed by atoms with van der Waals surface area (Å²) < 4.78 is 19.0. The highest BCUT2D eigenvalue weighted by Crippen LogP contribution is 2.23. The van der Waals surface area contributed by atoms with E-state index < -0.39 is 0 Å². The maximum Gasteiger partial charge on any atom is 0.309 e. The number of hydrogen-bond donors (Lipinski definition) is 1. The number of piperidine rings is 1. The summed E-state index contributed by atoms with van der Waals surface area (Å²) in [5, 5.41) is 0. The average molecular weight is 383 g/mol. The minimum absolute atomic E-state index is 0.0355. The maximum atomic E-state index is 13.6. The Balaban J connectivity index is 1.62. The second-order valence-corrected chi connectivity index (χ2v) is 8.49. The van der Waals surface area contributed by atoms with Crippen molar-refractivity contribution in [1.82, 2.24) is 4.90 Å². The molecule has 1 aliphatic heterocycles. The van der Waals surface area contributed by atoms with Crippen molar-refractivity contribution in [1.29, 1.82) is 0 Å². The molecule has 6 heteroatoms. The third kappa shape index (κ3) is 7.25. The number of rotatable bonds is 9. The van der Waals surface area contributed by atoms with Gasteiger partial charge in [-0.25, -0.2) is 4.39 Å². The predicted octanol–water partition coefficient (Wildman–Crippen LogP) is 3.55. The number of halogens is 1. The van der Waals surface area contributed by atoms with Crippen LogP contribution in [0.4, 0.5) is 4.39 Å². The van der Waals surface area contributed by atoms with Gasteiger partial charge in [0.15, 0.2) is 0 Å². The predicted molar refractivity (Wildman–Crippen MR) is 105 cm³/mol. The van der Waals surface area contributed by atoms with Crippen molar-refractivity contribution >= 4 is 17.7 Å². The number of thioether (sulfide) groups is 1. The summed E-state index contributed by atoms with van der Waals surface area (Å²) in [6.45, 7) is 7.34. The topological polar surface area (TPSA) is 55.6 Å². The lowest BCUT2D eigenvalue weighted by molar-refractivity contribution is -0.151. The number of carbonyl (C=O) groups is 1.